The molecule has 5 heteroatoms. The molecule has 3 rings (SSSR count). The molecule has 1 aliphatic rings. The Morgan fingerprint density at radius 2 is 2.35 bits per heavy atom. The van der Waals surface area contributed by atoms with Gasteiger partial charge in [-0.2, -0.15) is 0 Å². The molecule has 20 heavy (non-hydrogen) atoms. The molecule has 1 aromatic heterocycles. The Labute approximate surface area is 128 Å². The number of thiazole rings is 1. The monoisotopic (exact) mass is 309 g/mol. The third-order valence-electron chi connectivity index (χ3n) is 3.94. The fourth-order valence-corrected chi connectivity index (χ4v) is 3.85. The standard InChI is InChI=1S/C15H20ClN3S/c1-10(2)19-6-5-11(9-19)8-17-15-18-13-4-3-12(16)7-14(13)20-15/h3-4,7,10-11H,5-6,8-9H2,1-2H3,(H,17,18). The summed E-state index contributed by atoms with van der Waals surface area (Å²) < 4.78 is 1.15. The topological polar surface area (TPSA) is 28.2 Å². The molecule has 0 radical (unpaired) electrons. The minimum Gasteiger partial charge on any atom is -0.361 e. The quantitative estimate of drug-likeness (QED) is 0.922. The molecule has 1 atom stereocenters. The maximum Gasteiger partial charge on any atom is 0.183 e. The van der Waals surface area contributed by atoms with E-state index in [-0.39, 0.29) is 0 Å². The number of rotatable bonds is 4. The van der Waals surface area contributed by atoms with E-state index in [9.17, 15) is 0 Å². The summed E-state index contributed by atoms with van der Waals surface area (Å²) in [7, 11) is 0. The number of likely N-dealkylation sites (tertiary alicyclic amines) is 1. The maximum atomic E-state index is 6.01. The van der Waals surface area contributed by atoms with Gasteiger partial charge in [-0.05, 0) is 50.9 Å². The van der Waals surface area contributed by atoms with Crippen LogP contribution in [0.15, 0.2) is 18.2 Å². The van der Waals surface area contributed by atoms with Crippen LogP contribution in [0, 0.1) is 5.92 Å². The summed E-state index contributed by atoms with van der Waals surface area (Å²) in [6.07, 6.45) is 1.28. The van der Waals surface area contributed by atoms with Crippen LogP contribution in [0.1, 0.15) is 20.3 Å². The Morgan fingerprint density at radius 1 is 1.50 bits per heavy atom. The molecular formula is C15H20ClN3S. The molecule has 0 spiro atoms. The van der Waals surface area contributed by atoms with Gasteiger partial charge in [0.1, 0.15) is 0 Å². The van der Waals surface area contributed by atoms with Crippen molar-refractivity contribution in [2.24, 2.45) is 5.92 Å². The molecular weight excluding hydrogens is 290 g/mol. The van der Waals surface area contributed by atoms with E-state index in [2.05, 4.69) is 29.0 Å². The molecule has 0 bridgehead atoms. The number of hydrogen-bond acceptors (Lipinski definition) is 4. The van der Waals surface area contributed by atoms with Crippen LogP contribution < -0.4 is 5.32 Å². The van der Waals surface area contributed by atoms with Gasteiger partial charge >= 0.3 is 0 Å². The second-order valence-electron chi connectivity index (χ2n) is 5.76. The first kappa shape index (κ1) is 14.1. The summed E-state index contributed by atoms with van der Waals surface area (Å²) in [6, 6.07) is 6.51. The van der Waals surface area contributed by atoms with Gasteiger partial charge in [-0.1, -0.05) is 22.9 Å². The zero-order valence-electron chi connectivity index (χ0n) is 11.9. The van der Waals surface area contributed by atoms with Crippen molar-refractivity contribution in [2.75, 3.05) is 25.0 Å². The van der Waals surface area contributed by atoms with Crippen LogP contribution >= 0.6 is 22.9 Å². The molecule has 0 saturated carbocycles. The molecule has 1 aliphatic heterocycles. The second-order valence-corrected chi connectivity index (χ2v) is 7.22. The molecule has 1 N–H and O–H groups in total. The van der Waals surface area contributed by atoms with Gasteiger partial charge in [0.25, 0.3) is 0 Å². The van der Waals surface area contributed by atoms with Gasteiger partial charge in [-0.25, -0.2) is 4.98 Å². The minimum absolute atomic E-state index is 0.657. The SMILES string of the molecule is CC(C)N1CCC(CNc2nc3ccc(Cl)cc3s2)C1. The molecule has 2 aromatic rings. The number of nitrogens with zero attached hydrogens (tertiary/aromatic N) is 2. The van der Waals surface area contributed by atoms with Gasteiger partial charge in [0.2, 0.25) is 0 Å². The van der Waals surface area contributed by atoms with Crippen LogP contribution in [0.5, 0.6) is 0 Å². The highest BCUT2D eigenvalue weighted by molar-refractivity contribution is 7.22. The van der Waals surface area contributed by atoms with Crippen molar-refractivity contribution in [3.63, 3.8) is 0 Å². The first-order chi connectivity index (χ1) is 9.61. The number of halogens is 1. The van der Waals surface area contributed by atoms with Crippen molar-refractivity contribution in [3.8, 4) is 0 Å². The summed E-state index contributed by atoms with van der Waals surface area (Å²) in [6.45, 7) is 7.97. The Bertz CT molecular complexity index is 596. The van der Waals surface area contributed by atoms with Gasteiger partial charge in [0, 0.05) is 24.2 Å². The first-order valence-corrected chi connectivity index (χ1v) is 8.35. The lowest BCUT2D eigenvalue weighted by Crippen LogP contribution is -2.29. The van der Waals surface area contributed by atoms with E-state index in [1.807, 2.05) is 18.2 Å². The van der Waals surface area contributed by atoms with Gasteiger partial charge in [0.05, 0.1) is 10.2 Å². The molecule has 108 valence electrons. The average Bonchev–Trinajstić information content (AvgIpc) is 3.01. The van der Waals surface area contributed by atoms with Crippen LogP contribution in [0.4, 0.5) is 5.13 Å². The largest absolute Gasteiger partial charge is 0.361 e. The lowest BCUT2D eigenvalue weighted by Gasteiger charge is -2.20. The number of nitrogens with one attached hydrogen (secondary N) is 1. The van der Waals surface area contributed by atoms with Crippen LogP contribution in [0.2, 0.25) is 5.02 Å². The summed E-state index contributed by atoms with van der Waals surface area (Å²) in [5, 5.41) is 5.27. The smallest absolute Gasteiger partial charge is 0.183 e. The number of fused-ring (bicyclic) bond motifs is 1. The molecule has 3 nitrogen and oxygen atoms in total. The van der Waals surface area contributed by atoms with Crippen molar-refractivity contribution >= 4 is 38.3 Å². The summed E-state index contributed by atoms with van der Waals surface area (Å²) in [4.78, 5) is 7.15. The Kier molecular flexibility index (Phi) is 4.15. The number of hydrogen-bond donors (Lipinski definition) is 1. The zero-order chi connectivity index (χ0) is 14.1. The van der Waals surface area contributed by atoms with E-state index in [1.165, 1.54) is 19.5 Å². The predicted octanol–water partition coefficient (Wildman–Crippen LogP) is 4.09. The lowest BCUT2D eigenvalue weighted by molar-refractivity contribution is 0.266. The van der Waals surface area contributed by atoms with Gasteiger partial charge in [-0.3, -0.25) is 0 Å². The minimum atomic E-state index is 0.657. The van der Waals surface area contributed by atoms with E-state index in [4.69, 9.17) is 11.6 Å². The average molecular weight is 310 g/mol. The Hall–Kier alpha value is -0.840. The van der Waals surface area contributed by atoms with Crippen LogP contribution in [-0.4, -0.2) is 35.6 Å². The van der Waals surface area contributed by atoms with E-state index < -0.39 is 0 Å². The number of anilines is 1. The highest BCUT2D eigenvalue weighted by Crippen LogP contribution is 2.29. The van der Waals surface area contributed by atoms with Crippen molar-refractivity contribution in [1.29, 1.82) is 0 Å². The second kappa shape index (κ2) is 5.88. The third kappa shape index (κ3) is 3.08. The molecule has 1 unspecified atom stereocenters. The van der Waals surface area contributed by atoms with E-state index in [1.54, 1.807) is 11.3 Å². The van der Waals surface area contributed by atoms with Crippen LogP contribution in [-0.2, 0) is 0 Å². The third-order valence-corrected chi connectivity index (χ3v) is 5.15. The Morgan fingerprint density at radius 3 is 3.10 bits per heavy atom. The van der Waals surface area contributed by atoms with Crippen molar-refractivity contribution in [3.05, 3.63) is 23.2 Å². The van der Waals surface area contributed by atoms with Crippen LogP contribution in [0.25, 0.3) is 10.2 Å². The number of benzene rings is 1. The van der Waals surface area contributed by atoms with Crippen molar-refractivity contribution in [2.45, 2.75) is 26.3 Å². The Balaban J connectivity index is 1.60. The fraction of sp³-hybridized carbons (Fsp3) is 0.533. The van der Waals surface area contributed by atoms with Gasteiger partial charge in [0.15, 0.2) is 5.13 Å². The normalized spacial score (nSPS) is 20.1. The van der Waals surface area contributed by atoms with E-state index >= 15 is 0 Å². The highest BCUT2D eigenvalue weighted by atomic mass is 35.5. The molecule has 0 amide bonds. The molecule has 1 saturated heterocycles. The van der Waals surface area contributed by atoms with Crippen LogP contribution in [0.3, 0.4) is 0 Å². The maximum absolute atomic E-state index is 6.01. The van der Waals surface area contributed by atoms with Crippen molar-refractivity contribution < 1.29 is 0 Å². The van der Waals surface area contributed by atoms with E-state index in [0.717, 1.165) is 32.8 Å². The molecule has 2 heterocycles. The predicted molar refractivity (Wildman–Crippen MR) is 87.9 cm³/mol. The van der Waals surface area contributed by atoms with E-state index in [0.29, 0.717) is 6.04 Å². The summed E-state index contributed by atoms with van der Waals surface area (Å²) >= 11 is 7.69. The summed E-state index contributed by atoms with van der Waals surface area (Å²) in [5.41, 5.74) is 1.03. The summed E-state index contributed by atoms with van der Waals surface area (Å²) in [5.74, 6) is 0.730. The number of aromatic nitrogens is 1. The fourth-order valence-electron chi connectivity index (χ4n) is 2.70. The highest BCUT2D eigenvalue weighted by Gasteiger charge is 2.24. The van der Waals surface area contributed by atoms with Gasteiger partial charge in [-0.15, -0.1) is 0 Å². The zero-order valence-corrected chi connectivity index (χ0v) is 13.5. The molecule has 1 aromatic carbocycles. The molecule has 0 aliphatic carbocycles. The first-order valence-electron chi connectivity index (χ1n) is 7.16. The lowest BCUT2D eigenvalue weighted by atomic mass is 10.1. The van der Waals surface area contributed by atoms with Gasteiger partial charge < -0.3 is 10.2 Å². The van der Waals surface area contributed by atoms with Crippen molar-refractivity contribution in [1.82, 2.24) is 9.88 Å². The molecule has 1 fully saturated rings.